The van der Waals surface area contributed by atoms with Gasteiger partial charge in [-0.2, -0.15) is 5.10 Å². The molecule has 1 aliphatic carbocycles. The van der Waals surface area contributed by atoms with Gasteiger partial charge in [0.2, 0.25) is 0 Å². The molecule has 126 valence electrons. The van der Waals surface area contributed by atoms with Gasteiger partial charge >= 0.3 is 0 Å². The molecule has 1 aromatic heterocycles. The molecule has 5 heteroatoms. The van der Waals surface area contributed by atoms with Gasteiger partial charge < -0.3 is 5.32 Å². The van der Waals surface area contributed by atoms with E-state index in [1.807, 2.05) is 19.1 Å². The van der Waals surface area contributed by atoms with E-state index in [9.17, 15) is 9.18 Å². The minimum Gasteiger partial charge on any atom is -0.349 e. The number of nitrogens with one attached hydrogen (secondary N) is 1. The maximum absolute atomic E-state index is 13.1. The first-order valence-corrected chi connectivity index (χ1v) is 8.30. The second-order valence-electron chi connectivity index (χ2n) is 6.38. The van der Waals surface area contributed by atoms with Crippen molar-refractivity contribution in [3.8, 4) is 5.69 Å². The first-order chi connectivity index (χ1) is 12.1. The zero-order valence-electron chi connectivity index (χ0n) is 13.9. The molecule has 0 saturated carbocycles. The van der Waals surface area contributed by atoms with Crippen molar-refractivity contribution in [2.24, 2.45) is 0 Å². The van der Waals surface area contributed by atoms with Gasteiger partial charge in [-0.15, -0.1) is 0 Å². The lowest BCUT2D eigenvalue weighted by molar-refractivity contribution is 0.0938. The van der Waals surface area contributed by atoms with Crippen molar-refractivity contribution >= 4 is 5.91 Å². The Morgan fingerprint density at radius 1 is 1.12 bits per heavy atom. The predicted molar refractivity (Wildman–Crippen MR) is 93.4 cm³/mol. The highest BCUT2D eigenvalue weighted by atomic mass is 19.1. The number of nitrogens with zero attached hydrogens (tertiary/aromatic N) is 2. The summed E-state index contributed by atoms with van der Waals surface area (Å²) in [5.41, 5.74) is 4.60. The van der Waals surface area contributed by atoms with Gasteiger partial charge in [0.15, 0.2) is 0 Å². The van der Waals surface area contributed by atoms with Crippen LogP contribution in [-0.2, 0) is 12.8 Å². The van der Waals surface area contributed by atoms with E-state index < -0.39 is 0 Å². The summed E-state index contributed by atoms with van der Waals surface area (Å²) < 4.78 is 14.7. The largest absolute Gasteiger partial charge is 0.349 e. The summed E-state index contributed by atoms with van der Waals surface area (Å²) in [4.78, 5) is 12.6. The van der Waals surface area contributed by atoms with E-state index in [0.717, 1.165) is 24.2 Å². The molecule has 0 spiro atoms. The lowest BCUT2D eigenvalue weighted by atomic mass is 10.1. The molecule has 0 atom stereocenters. The minimum absolute atomic E-state index is 0.110. The molecule has 2 aromatic carbocycles. The van der Waals surface area contributed by atoms with Gasteiger partial charge in [-0.1, -0.05) is 24.3 Å². The van der Waals surface area contributed by atoms with Gasteiger partial charge in [0, 0.05) is 6.04 Å². The van der Waals surface area contributed by atoms with E-state index in [2.05, 4.69) is 22.5 Å². The summed E-state index contributed by atoms with van der Waals surface area (Å²) in [6, 6.07) is 14.4. The highest BCUT2D eigenvalue weighted by Crippen LogP contribution is 2.22. The molecule has 1 heterocycles. The number of hydrogen-bond acceptors (Lipinski definition) is 2. The molecule has 25 heavy (non-hydrogen) atoms. The Kier molecular flexibility index (Phi) is 3.84. The van der Waals surface area contributed by atoms with Gasteiger partial charge in [0.05, 0.1) is 23.1 Å². The van der Waals surface area contributed by atoms with Crippen LogP contribution in [0.5, 0.6) is 0 Å². The summed E-state index contributed by atoms with van der Waals surface area (Å²) in [5.74, 6) is -0.420. The van der Waals surface area contributed by atoms with E-state index in [-0.39, 0.29) is 17.8 Å². The van der Waals surface area contributed by atoms with Gasteiger partial charge in [0.25, 0.3) is 5.91 Å². The van der Waals surface area contributed by atoms with E-state index in [0.29, 0.717) is 5.56 Å². The summed E-state index contributed by atoms with van der Waals surface area (Å²) in [7, 11) is 0. The summed E-state index contributed by atoms with van der Waals surface area (Å²) >= 11 is 0. The fourth-order valence-electron chi connectivity index (χ4n) is 3.40. The topological polar surface area (TPSA) is 46.9 Å². The van der Waals surface area contributed by atoms with E-state index in [1.165, 1.54) is 23.3 Å². The van der Waals surface area contributed by atoms with Crippen molar-refractivity contribution in [1.29, 1.82) is 0 Å². The zero-order chi connectivity index (χ0) is 17.4. The Morgan fingerprint density at radius 3 is 2.40 bits per heavy atom. The van der Waals surface area contributed by atoms with Crippen LogP contribution in [0, 0.1) is 12.7 Å². The van der Waals surface area contributed by atoms with E-state index >= 15 is 0 Å². The molecular weight excluding hydrogens is 317 g/mol. The number of amides is 1. The van der Waals surface area contributed by atoms with Crippen LogP contribution in [0.2, 0.25) is 0 Å². The van der Waals surface area contributed by atoms with E-state index in [4.69, 9.17) is 0 Å². The molecule has 0 fully saturated rings. The van der Waals surface area contributed by atoms with Crippen molar-refractivity contribution in [3.63, 3.8) is 0 Å². The van der Waals surface area contributed by atoms with Crippen LogP contribution in [0.3, 0.4) is 0 Å². The van der Waals surface area contributed by atoms with Gasteiger partial charge in [-0.3, -0.25) is 4.79 Å². The molecular formula is C20H18FN3O. The second-order valence-corrected chi connectivity index (χ2v) is 6.38. The highest BCUT2D eigenvalue weighted by Gasteiger charge is 2.24. The maximum atomic E-state index is 13.1. The smallest absolute Gasteiger partial charge is 0.255 e. The summed E-state index contributed by atoms with van der Waals surface area (Å²) in [5, 5.41) is 7.39. The minimum atomic E-state index is -0.299. The number of hydrogen-bond donors (Lipinski definition) is 1. The quantitative estimate of drug-likeness (QED) is 0.799. The van der Waals surface area contributed by atoms with Gasteiger partial charge in [-0.05, 0) is 55.2 Å². The Balaban J connectivity index is 1.51. The Labute approximate surface area is 145 Å². The lowest BCUT2D eigenvalue weighted by Gasteiger charge is -2.12. The van der Waals surface area contributed by atoms with Crippen LogP contribution in [-0.4, -0.2) is 21.7 Å². The van der Waals surface area contributed by atoms with Crippen LogP contribution in [0.25, 0.3) is 5.69 Å². The van der Waals surface area contributed by atoms with Gasteiger partial charge in [-0.25, -0.2) is 9.07 Å². The van der Waals surface area contributed by atoms with Crippen molar-refractivity contribution in [1.82, 2.24) is 15.1 Å². The average molecular weight is 335 g/mol. The fourth-order valence-corrected chi connectivity index (χ4v) is 3.40. The molecule has 0 bridgehead atoms. The van der Waals surface area contributed by atoms with Crippen LogP contribution in [0.1, 0.15) is 27.2 Å². The summed E-state index contributed by atoms with van der Waals surface area (Å²) in [6.07, 6.45) is 3.27. The molecule has 4 rings (SSSR count). The number of carbonyl (C=O) groups is 1. The third-order valence-corrected chi connectivity index (χ3v) is 4.71. The number of benzene rings is 2. The first kappa shape index (κ1) is 15.6. The Hall–Kier alpha value is -2.95. The van der Waals surface area contributed by atoms with Crippen molar-refractivity contribution in [2.45, 2.75) is 25.8 Å². The maximum Gasteiger partial charge on any atom is 0.255 e. The number of carbonyl (C=O) groups excluding carboxylic acids is 1. The predicted octanol–water partition coefficient (Wildman–Crippen LogP) is 3.22. The molecule has 0 unspecified atom stereocenters. The Morgan fingerprint density at radius 2 is 1.76 bits per heavy atom. The van der Waals surface area contributed by atoms with E-state index in [1.54, 1.807) is 23.0 Å². The van der Waals surface area contributed by atoms with Gasteiger partial charge in [0.1, 0.15) is 5.82 Å². The monoisotopic (exact) mass is 335 g/mol. The van der Waals surface area contributed by atoms with Crippen molar-refractivity contribution < 1.29 is 9.18 Å². The Bertz CT molecular complexity index is 905. The molecule has 0 saturated heterocycles. The zero-order valence-corrected chi connectivity index (χ0v) is 13.9. The first-order valence-electron chi connectivity index (χ1n) is 8.30. The normalized spacial score (nSPS) is 13.7. The van der Waals surface area contributed by atoms with Crippen LogP contribution in [0.15, 0.2) is 54.7 Å². The van der Waals surface area contributed by atoms with Crippen LogP contribution < -0.4 is 5.32 Å². The average Bonchev–Trinajstić information content (AvgIpc) is 3.18. The van der Waals surface area contributed by atoms with Crippen molar-refractivity contribution in [3.05, 3.63) is 82.9 Å². The molecule has 4 nitrogen and oxygen atoms in total. The van der Waals surface area contributed by atoms with Crippen LogP contribution in [0.4, 0.5) is 4.39 Å². The molecule has 0 radical (unpaired) electrons. The number of rotatable bonds is 3. The molecule has 0 aliphatic heterocycles. The van der Waals surface area contributed by atoms with Crippen LogP contribution >= 0.6 is 0 Å². The molecule has 1 N–H and O–H groups in total. The molecule has 1 amide bonds. The highest BCUT2D eigenvalue weighted by molar-refractivity contribution is 5.95. The number of aromatic nitrogens is 2. The number of halogens is 1. The number of fused-ring (bicyclic) bond motifs is 1. The standard InChI is InChI=1S/C20H18FN3O/c1-13-19(12-22-24(13)18-8-6-16(21)7-9-18)20(25)23-17-10-14-4-2-3-5-15(14)11-17/h2-9,12,17H,10-11H2,1H3,(H,23,25). The lowest BCUT2D eigenvalue weighted by Crippen LogP contribution is -2.35. The third-order valence-electron chi connectivity index (χ3n) is 4.71. The fraction of sp³-hybridized carbons (Fsp3) is 0.200. The molecule has 3 aromatic rings. The third kappa shape index (κ3) is 2.93. The van der Waals surface area contributed by atoms with Crippen molar-refractivity contribution in [2.75, 3.05) is 0 Å². The SMILES string of the molecule is Cc1c(C(=O)NC2Cc3ccccc3C2)cnn1-c1ccc(F)cc1. The second kappa shape index (κ2) is 6.16. The molecule has 1 aliphatic rings. The summed E-state index contributed by atoms with van der Waals surface area (Å²) in [6.45, 7) is 1.84.